The molecule has 0 aliphatic carbocycles. The fraction of sp³-hybridized carbons (Fsp3) is 0.900. The molecule has 0 radical (unpaired) electrons. The number of carbonyl (C=O) groups is 1. The van der Waals surface area contributed by atoms with Crippen LogP contribution >= 0.6 is 0 Å². The first-order chi connectivity index (χ1) is 7.25. The summed E-state index contributed by atoms with van der Waals surface area (Å²) < 4.78 is 10.5. The molecule has 2 unspecified atom stereocenters. The van der Waals surface area contributed by atoms with Crippen LogP contribution in [0.15, 0.2) is 0 Å². The number of aliphatic hydroxyl groups excluding tert-OH is 1. The predicted molar refractivity (Wildman–Crippen MR) is 52.6 cm³/mol. The molecule has 88 valence electrons. The second-order valence-electron chi connectivity index (χ2n) is 3.68. The molecule has 1 saturated heterocycles. The molecule has 0 spiro atoms. The highest BCUT2D eigenvalue weighted by molar-refractivity contribution is 5.72. The van der Waals surface area contributed by atoms with Crippen molar-refractivity contribution >= 4 is 5.97 Å². The van der Waals surface area contributed by atoms with Gasteiger partial charge in [-0.3, -0.25) is 0 Å². The molecule has 0 saturated carbocycles. The SMILES string of the molecule is O=C(O)C(OCCCO)C1CCCOC1. The van der Waals surface area contributed by atoms with Gasteiger partial charge in [-0.15, -0.1) is 0 Å². The first-order valence-electron chi connectivity index (χ1n) is 5.28. The van der Waals surface area contributed by atoms with E-state index in [1.54, 1.807) is 0 Å². The highest BCUT2D eigenvalue weighted by Crippen LogP contribution is 2.20. The van der Waals surface area contributed by atoms with Gasteiger partial charge in [0, 0.05) is 25.7 Å². The van der Waals surface area contributed by atoms with Gasteiger partial charge in [-0.2, -0.15) is 0 Å². The van der Waals surface area contributed by atoms with Crippen LogP contribution in [0.2, 0.25) is 0 Å². The Balaban J connectivity index is 2.37. The van der Waals surface area contributed by atoms with E-state index in [1.807, 2.05) is 0 Å². The van der Waals surface area contributed by atoms with Gasteiger partial charge >= 0.3 is 5.97 Å². The number of aliphatic hydroxyl groups is 1. The smallest absolute Gasteiger partial charge is 0.333 e. The Hall–Kier alpha value is -0.650. The molecule has 2 N–H and O–H groups in total. The summed E-state index contributed by atoms with van der Waals surface area (Å²) in [4.78, 5) is 10.9. The van der Waals surface area contributed by atoms with E-state index in [1.165, 1.54) is 0 Å². The lowest BCUT2D eigenvalue weighted by Crippen LogP contribution is -2.37. The van der Waals surface area contributed by atoms with Crippen LogP contribution in [-0.2, 0) is 14.3 Å². The molecule has 1 fully saturated rings. The second kappa shape index (κ2) is 6.76. The van der Waals surface area contributed by atoms with E-state index in [4.69, 9.17) is 19.7 Å². The van der Waals surface area contributed by atoms with Crippen LogP contribution in [0.4, 0.5) is 0 Å². The molecule has 0 aromatic heterocycles. The number of rotatable bonds is 6. The van der Waals surface area contributed by atoms with Crippen molar-refractivity contribution < 1.29 is 24.5 Å². The number of aliphatic carboxylic acids is 1. The lowest BCUT2D eigenvalue weighted by molar-refractivity contribution is -0.158. The number of hydrogen-bond acceptors (Lipinski definition) is 4. The van der Waals surface area contributed by atoms with Crippen LogP contribution < -0.4 is 0 Å². The predicted octanol–water partition coefficient (Wildman–Crippen LogP) is 0.265. The summed E-state index contributed by atoms with van der Waals surface area (Å²) in [6.07, 6.45) is 1.39. The topological polar surface area (TPSA) is 76.0 Å². The van der Waals surface area contributed by atoms with Gasteiger partial charge in [0.2, 0.25) is 0 Å². The van der Waals surface area contributed by atoms with Gasteiger partial charge in [0.25, 0.3) is 0 Å². The van der Waals surface area contributed by atoms with E-state index in [9.17, 15) is 4.79 Å². The number of carboxylic acid groups (broad SMARTS) is 1. The van der Waals surface area contributed by atoms with Gasteiger partial charge in [0.15, 0.2) is 6.10 Å². The second-order valence-corrected chi connectivity index (χ2v) is 3.68. The van der Waals surface area contributed by atoms with Crippen molar-refractivity contribution in [1.29, 1.82) is 0 Å². The molecule has 1 heterocycles. The van der Waals surface area contributed by atoms with Crippen LogP contribution in [0, 0.1) is 5.92 Å². The maximum Gasteiger partial charge on any atom is 0.333 e. The lowest BCUT2D eigenvalue weighted by Gasteiger charge is -2.27. The summed E-state index contributed by atoms with van der Waals surface area (Å²) in [6, 6.07) is 0. The highest BCUT2D eigenvalue weighted by Gasteiger charge is 2.30. The van der Waals surface area contributed by atoms with E-state index in [2.05, 4.69) is 0 Å². The average Bonchev–Trinajstić information content (AvgIpc) is 2.25. The first-order valence-corrected chi connectivity index (χ1v) is 5.28. The van der Waals surface area contributed by atoms with Gasteiger partial charge in [-0.05, 0) is 19.3 Å². The highest BCUT2D eigenvalue weighted by atomic mass is 16.5. The molecular weight excluding hydrogens is 200 g/mol. The maximum atomic E-state index is 10.9. The molecule has 2 atom stereocenters. The fourth-order valence-corrected chi connectivity index (χ4v) is 1.69. The van der Waals surface area contributed by atoms with Crippen LogP contribution in [0.1, 0.15) is 19.3 Å². The minimum atomic E-state index is -0.941. The molecule has 0 amide bonds. The summed E-state index contributed by atoms with van der Waals surface area (Å²) >= 11 is 0. The van der Waals surface area contributed by atoms with Crippen molar-refractivity contribution in [3.8, 4) is 0 Å². The average molecular weight is 218 g/mol. The molecule has 15 heavy (non-hydrogen) atoms. The van der Waals surface area contributed by atoms with E-state index in [0.29, 0.717) is 19.6 Å². The van der Waals surface area contributed by atoms with Crippen molar-refractivity contribution in [2.24, 2.45) is 5.92 Å². The molecule has 0 aromatic rings. The number of carboxylic acids is 1. The quantitative estimate of drug-likeness (QED) is 0.626. The first kappa shape index (κ1) is 12.4. The van der Waals surface area contributed by atoms with E-state index >= 15 is 0 Å². The Morgan fingerprint density at radius 2 is 2.40 bits per heavy atom. The third-order valence-corrected chi connectivity index (χ3v) is 2.47. The van der Waals surface area contributed by atoms with Gasteiger partial charge in [0.1, 0.15) is 0 Å². The number of ether oxygens (including phenoxy) is 2. The van der Waals surface area contributed by atoms with Crippen molar-refractivity contribution in [3.63, 3.8) is 0 Å². The van der Waals surface area contributed by atoms with Crippen molar-refractivity contribution in [1.82, 2.24) is 0 Å². The molecule has 0 bridgehead atoms. The molecule has 1 aliphatic rings. The van der Waals surface area contributed by atoms with Crippen molar-refractivity contribution in [3.05, 3.63) is 0 Å². The van der Waals surface area contributed by atoms with Crippen LogP contribution in [0.3, 0.4) is 0 Å². The van der Waals surface area contributed by atoms with Crippen molar-refractivity contribution in [2.45, 2.75) is 25.4 Å². The Labute approximate surface area is 89.0 Å². The standard InChI is InChI=1S/C10H18O5/c11-4-2-6-15-9(10(12)13)8-3-1-5-14-7-8/h8-9,11H,1-7H2,(H,12,13). The van der Waals surface area contributed by atoms with E-state index in [-0.39, 0.29) is 19.1 Å². The van der Waals surface area contributed by atoms with Gasteiger partial charge in [-0.25, -0.2) is 4.79 Å². The molecule has 1 rings (SSSR count). The monoisotopic (exact) mass is 218 g/mol. The zero-order valence-electron chi connectivity index (χ0n) is 8.72. The fourth-order valence-electron chi connectivity index (χ4n) is 1.69. The summed E-state index contributed by atoms with van der Waals surface area (Å²) in [7, 11) is 0. The molecule has 0 aromatic carbocycles. The third kappa shape index (κ3) is 4.15. The lowest BCUT2D eigenvalue weighted by atomic mass is 9.96. The Morgan fingerprint density at radius 3 is 2.93 bits per heavy atom. The minimum absolute atomic E-state index is 0.0213. The largest absolute Gasteiger partial charge is 0.479 e. The van der Waals surface area contributed by atoms with E-state index in [0.717, 1.165) is 12.8 Å². The molecule has 5 heteroatoms. The summed E-state index contributed by atoms with van der Waals surface area (Å²) in [5.74, 6) is -1.00. The molecule has 5 nitrogen and oxygen atoms in total. The summed E-state index contributed by atoms with van der Waals surface area (Å²) in [6.45, 7) is 1.47. The van der Waals surface area contributed by atoms with Gasteiger partial charge in [-0.1, -0.05) is 0 Å². The normalized spacial score (nSPS) is 23.7. The Kier molecular flexibility index (Phi) is 5.60. The zero-order chi connectivity index (χ0) is 11.1. The maximum absolute atomic E-state index is 10.9. The summed E-state index contributed by atoms with van der Waals surface area (Å²) in [5.41, 5.74) is 0. The van der Waals surface area contributed by atoms with Crippen molar-refractivity contribution in [2.75, 3.05) is 26.4 Å². The van der Waals surface area contributed by atoms with Gasteiger partial charge < -0.3 is 19.7 Å². The molecular formula is C10H18O5. The zero-order valence-corrected chi connectivity index (χ0v) is 8.72. The van der Waals surface area contributed by atoms with Gasteiger partial charge in [0.05, 0.1) is 6.61 Å². The molecule has 1 aliphatic heterocycles. The Morgan fingerprint density at radius 1 is 1.60 bits per heavy atom. The minimum Gasteiger partial charge on any atom is -0.479 e. The van der Waals surface area contributed by atoms with Crippen LogP contribution in [0.25, 0.3) is 0 Å². The third-order valence-electron chi connectivity index (χ3n) is 2.47. The summed E-state index contributed by atoms with van der Waals surface area (Å²) in [5, 5.41) is 17.6. The Bertz CT molecular complexity index is 188. The van der Waals surface area contributed by atoms with Crippen LogP contribution in [0.5, 0.6) is 0 Å². The number of hydrogen-bond donors (Lipinski definition) is 2. The van der Waals surface area contributed by atoms with Crippen LogP contribution in [-0.4, -0.2) is 48.7 Å². The van der Waals surface area contributed by atoms with E-state index < -0.39 is 12.1 Å².